The van der Waals surface area contributed by atoms with Gasteiger partial charge in [0.05, 0.1) is 12.7 Å². The van der Waals surface area contributed by atoms with E-state index in [0.717, 1.165) is 0 Å². The van der Waals surface area contributed by atoms with Crippen molar-refractivity contribution in [3.05, 3.63) is 0 Å². The quantitative estimate of drug-likeness (QED) is 0.518. The van der Waals surface area contributed by atoms with Crippen molar-refractivity contribution in [3.63, 3.8) is 0 Å². The average Bonchev–Trinajstić information content (AvgIpc) is 2.12. The Kier molecular flexibility index (Phi) is 3.65. The van der Waals surface area contributed by atoms with Gasteiger partial charge in [0.1, 0.15) is 6.04 Å². The first kappa shape index (κ1) is 10.4. The van der Waals surface area contributed by atoms with Crippen molar-refractivity contribution in [2.75, 3.05) is 26.8 Å². The molecular formula is C8H16N2O3. The Balaban J connectivity index is 2.10. The maximum atomic E-state index is 11.0. The predicted molar refractivity (Wildman–Crippen MR) is 47.1 cm³/mol. The van der Waals surface area contributed by atoms with Crippen LogP contribution >= 0.6 is 0 Å². The molecule has 5 nitrogen and oxygen atoms in total. The van der Waals surface area contributed by atoms with E-state index in [1.54, 1.807) is 4.90 Å². The summed E-state index contributed by atoms with van der Waals surface area (Å²) in [5.41, 5.74) is 5.40. The van der Waals surface area contributed by atoms with E-state index in [1.807, 2.05) is 0 Å². The van der Waals surface area contributed by atoms with Gasteiger partial charge in [0, 0.05) is 20.2 Å². The molecule has 1 fully saturated rings. The van der Waals surface area contributed by atoms with Crippen LogP contribution in [0.3, 0.4) is 0 Å². The number of rotatable bonds is 5. The second-order valence-electron chi connectivity index (χ2n) is 3.29. The molecule has 1 saturated heterocycles. The number of nitrogens with zero attached hydrogens (tertiary/aromatic N) is 1. The SMILES string of the molecule is COCC(O)CCN1CC(N)C1=O. The Bertz CT molecular complexity index is 186. The highest BCUT2D eigenvalue weighted by Gasteiger charge is 2.32. The third kappa shape index (κ3) is 2.65. The zero-order valence-electron chi connectivity index (χ0n) is 7.77. The molecule has 1 aliphatic heterocycles. The lowest BCUT2D eigenvalue weighted by molar-refractivity contribution is -0.142. The molecule has 0 aromatic rings. The lowest BCUT2D eigenvalue weighted by Gasteiger charge is -2.36. The normalized spacial score (nSPS) is 24.4. The van der Waals surface area contributed by atoms with Crippen molar-refractivity contribution in [3.8, 4) is 0 Å². The Morgan fingerprint density at radius 3 is 3.00 bits per heavy atom. The van der Waals surface area contributed by atoms with E-state index < -0.39 is 6.10 Å². The fourth-order valence-corrected chi connectivity index (χ4v) is 1.31. The maximum Gasteiger partial charge on any atom is 0.241 e. The number of carbonyl (C=O) groups is 1. The lowest BCUT2D eigenvalue weighted by atomic mass is 10.1. The predicted octanol–water partition coefficient (Wildman–Crippen LogP) is -1.45. The number of aliphatic hydroxyl groups excluding tert-OH is 1. The summed E-state index contributed by atoms with van der Waals surface area (Å²) in [4.78, 5) is 12.7. The molecule has 0 aromatic heterocycles. The second-order valence-corrected chi connectivity index (χ2v) is 3.29. The first-order chi connectivity index (χ1) is 6.15. The van der Waals surface area contributed by atoms with Crippen molar-refractivity contribution in [1.29, 1.82) is 0 Å². The molecule has 3 N–H and O–H groups in total. The van der Waals surface area contributed by atoms with Gasteiger partial charge < -0.3 is 20.5 Å². The number of methoxy groups -OCH3 is 1. The van der Waals surface area contributed by atoms with Gasteiger partial charge in [-0.3, -0.25) is 4.79 Å². The van der Waals surface area contributed by atoms with Gasteiger partial charge in [-0.05, 0) is 6.42 Å². The topological polar surface area (TPSA) is 75.8 Å². The minimum atomic E-state index is -0.491. The van der Waals surface area contributed by atoms with Gasteiger partial charge in [0.15, 0.2) is 0 Å². The first-order valence-electron chi connectivity index (χ1n) is 4.36. The van der Waals surface area contributed by atoms with Crippen molar-refractivity contribution in [2.24, 2.45) is 5.73 Å². The van der Waals surface area contributed by atoms with E-state index in [9.17, 15) is 9.90 Å². The highest BCUT2D eigenvalue weighted by molar-refractivity contribution is 5.87. The summed E-state index contributed by atoms with van der Waals surface area (Å²) in [5, 5.41) is 9.28. The van der Waals surface area contributed by atoms with Crippen LogP contribution in [-0.4, -0.2) is 54.9 Å². The zero-order valence-corrected chi connectivity index (χ0v) is 7.77. The number of β-lactam (4-membered cyclic amide) rings is 1. The van der Waals surface area contributed by atoms with E-state index in [0.29, 0.717) is 26.1 Å². The Hall–Kier alpha value is -0.650. The van der Waals surface area contributed by atoms with Crippen LogP contribution < -0.4 is 5.73 Å². The Morgan fingerprint density at radius 2 is 2.54 bits per heavy atom. The number of aliphatic hydroxyl groups is 1. The van der Waals surface area contributed by atoms with Crippen molar-refractivity contribution >= 4 is 5.91 Å². The number of carbonyl (C=O) groups excluding carboxylic acids is 1. The van der Waals surface area contributed by atoms with Crippen LogP contribution in [0.25, 0.3) is 0 Å². The highest BCUT2D eigenvalue weighted by Crippen LogP contribution is 2.08. The Labute approximate surface area is 77.5 Å². The van der Waals surface area contributed by atoms with Gasteiger partial charge in [-0.2, -0.15) is 0 Å². The van der Waals surface area contributed by atoms with E-state index in [4.69, 9.17) is 10.5 Å². The lowest BCUT2D eigenvalue weighted by Crippen LogP contribution is -2.61. The zero-order chi connectivity index (χ0) is 9.84. The smallest absolute Gasteiger partial charge is 0.241 e. The van der Waals surface area contributed by atoms with Crippen molar-refractivity contribution in [1.82, 2.24) is 4.90 Å². The van der Waals surface area contributed by atoms with E-state index in [1.165, 1.54) is 7.11 Å². The number of hydrogen-bond acceptors (Lipinski definition) is 4. The van der Waals surface area contributed by atoms with Crippen molar-refractivity contribution < 1.29 is 14.6 Å². The third-order valence-corrected chi connectivity index (χ3v) is 2.14. The van der Waals surface area contributed by atoms with Gasteiger partial charge in [-0.25, -0.2) is 0 Å². The van der Waals surface area contributed by atoms with Crippen LogP contribution in [0.5, 0.6) is 0 Å². The summed E-state index contributed by atoms with van der Waals surface area (Å²) in [6.45, 7) is 1.49. The van der Waals surface area contributed by atoms with E-state index in [2.05, 4.69) is 0 Å². The number of nitrogens with two attached hydrogens (primary N) is 1. The molecule has 76 valence electrons. The number of likely N-dealkylation sites (tertiary alicyclic amines) is 1. The van der Waals surface area contributed by atoms with Crippen LogP contribution in [0.15, 0.2) is 0 Å². The molecule has 0 saturated carbocycles. The number of hydrogen-bond donors (Lipinski definition) is 2. The average molecular weight is 188 g/mol. The van der Waals surface area contributed by atoms with Gasteiger partial charge >= 0.3 is 0 Å². The second kappa shape index (κ2) is 4.55. The minimum Gasteiger partial charge on any atom is -0.391 e. The Morgan fingerprint density at radius 1 is 1.85 bits per heavy atom. The standard InChI is InChI=1S/C8H16N2O3/c1-13-5-6(11)2-3-10-4-7(9)8(10)12/h6-7,11H,2-5,9H2,1H3. The molecule has 0 bridgehead atoms. The molecular weight excluding hydrogens is 172 g/mol. The van der Waals surface area contributed by atoms with Gasteiger partial charge in [-0.1, -0.05) is 0 Å². The molecule has 1 rings (SSSR count). The number of amides is 1. The summed E-state index contributed by atoms with van der Waals surface area (Å²) in [7, 11) is 1.54. The summed E-state index contributed by atoms with van der Waals surface area (Å²) >= 11 is 0. The van der Waals surface area contributed by atoms with Crippen LogP contribution in [0, 0.1) is 0 Å². The van der Waals surface area contributed by atoms with Gasteiger partial charge in [0.25, 0.3) is 0 Å². The fraction of sp³-hybridized carbons (Fsp3) is 0.875. The maximum absolute atomic E-state index is 11.0. The summed E-state index contributed by atoms with van der Waals surface area (Å²) in [6.07, 6.45) is 0.0568. The molecule has 1 amide bonds. The molecule has 0 spiro atoms. The molecule has 1 aliphatic rings. The highest BCUT2D eigenvalue weighted by atomic mass is 16.5. The van der Waals surface area contributed by atoms with Crippen LogP contribution in [-0.2, 0) is 9.53 Å². The van der Waals surface area contributed by atoms with Crippen molar-refractivity contribution in [2.45, 2.75) is 18.6 Å². The molecule has 0 radical (unpaired) electrons. The largest absolute Gasteiger partial charge is 0.391 e. The molecule has 0 aliphatic carbocycles. The summed E-state index contributed by atoms with van der Waals surface area (Å²) in [5.74, 6) is -0.0235. The first-order valence-corrected chi connectivity index (χ1v) is 4.36. The molecule has 0 aromatic carbocycles. The molecule has 2 unspecified atom stereocenters. The fourth-order valence-electron chi connectivity index (χ4n) is 1.31. The van der Waals surface area contributed by atoms with Crippen LogP contribution in [0.2, 0.25) is 0 Å². The van der Waals surface area contributed by atoms with E-state index >= 15 is 0 Å². The molecule has 1 heterocycles. The van der Waals surface area contributed by atoms with Crippen LogP contribution in [0.1, 0.15) is 6.42 Å². The molecule has 2 atom stereocenters. The summed E-state index contributed by atoms with van der Waals surface area (Å²) < 4.78 is 4.76. The van der Waals surface area contributed by atoms with Gasteiger partial charge in [-0.15, -0.1) is 0 Å². The monoisotopic (exact) mass is 188 g/mol. The van der Waals surface area contributed by atoms with Gasteiger partial charge in [0.2, 0.25) is 5.91 Å². The number of ether oxygens (including phenoxy) is 1. The minimum absolute atomic E-state index is 0.0235. The summed E-state index contributed by atoms with van der Waals surface area (Å²) in [6, 6.07) is -0.320. The molecule has 13 heavy (non-hydrogen) atoms. The molecule has 5 heteroatoms. The van der Waals surface area contributed by atoms with E-state index in [-0.39, 0.29) is 11.9 Å². The van der Waals surface area contributed by atoms with Crippen LogP contribution in [0.4, 0.5) is 0 Å². The third-order valence-electron chi connectivity index (χ3n) is 2.14.